The Bertz CT molecular complexity index is 732. The molecule has 0 amide bonds. The van der Waals surface area contributed by atoms with E-state index in [0.29, 0.717) is 0 Å². The Morgan fingerprint density at radius 2 is 1.95 bits per heavy atom. The molecule has 106 valence electrons. The van der Waals surface area contributed by atoms with Crippen LogP contribution in [0, 0.1) is 13.8 Å². The highest BCUT2D eigenvalue weighted by atomic mass is 15.3. The van der Waals surface area contributed by atoms with E-state index in [0.717, 1.165) is 17.9 Å². The minimum absolute atomic E-state index is 0.790. The quantitative estimate of drug-likeness (QED) is 0.794. The molecule has 0 aliphatic carbocycles. The predicted octanol–water partition coefficient (Wildman–Crippen LogP) is 3.50. The number of para-hydroxylation sites is 2. The molecule has 2 aromatic carbocycles. The van der Waals surface area contributed by atoms with Gasteiger partial charge in [0.05, 0.1) is 11.4 Å². The van der Waals surface area contributed by atoms with Gasteiger partial charge in [0.15, 0.2) is 0 Å². The number of rotatable bonds is 4. The smallest absolute Gasteiger partial charge is 0.138 e. The number of benzene rings is 2. The van der Waals surface area contributed by atoms with Crippen LogP contribution in [0.15, 0.2) is 55.1 Å². The Hall–Kier alpha value is -2.62. The zero-order valence-electron chi connectivity index (χ0n) is 12.2. The SMILES string of the molecule is Cc1ccc(CNc2ccccc2-n2cncn2)c(C)c1. The standard InChI is InChI=1S/C17H18N4/c1-13-7-8-15(14(2)9-13)10-19-16-5-3-4-6-17(16)21-12-18-11-20-21/h3-9,11-12,19H,10H2,1-2H3. The summed E-state index contributed by atoms with van der Waals surface area (Å²) in [6, 6.07) is 14.6. The van der Waals surface area contributed by atoms with Crippen molar-refractivity contribution in [2.45, 2.75) is 20.4 Å². The van der Waals surface area contributed by atoms with Gasteiger partial charge in [-0.15, -0.1) is 0 Å². The van der Waals surface area contributed by atoms with Gasteiger partial charge >= 0.3 is 0 Å². The summed E-state index contributed by atoms with van der Waals surface area (Å²) in [6.07, 6.45) is 3.25. The molecule has 3 aromatic rings. The average molecular weight is 278 g/mol. The number of aryl methyl sites for hydroxylation is 2. The molecule has 3 rings (SSSR count). The molecule has 1 aromatic heterocycles. The van der Waals surface area contributed by atoms with Crippen LogP contribution in [-0.2, 0) is 6.54 Å². The maximum atomic E-state index is 4.20. The van der Waals surface area contributed by atoms with Crippen LogP contribution in [0.3, 0.4) is 0 Å². The molecule has 0 aliphatic rings. The molecule has 1 heterocycles. The van der Waals surface area contributed by atoms with Crippen LogP contribution in [-0.4, -0.2) is 14.8 Å². The van der Waals surface area contributed by atoms with Crippen molar-refractivity contribution in [1.82, 2.24) is 14.8 Å². The molecule has 0 spiro atoms. The second-order valence-electron chi connectivity index (χ2n) is 5.14. The summed E-state index contributed by atoms with van der Waals surface area (Å²) in [5, 5.41) is 7.69. The van der Waals surface area contributed by atoms with E-state index in [1.165, 1.54) is 16.7 Å². The molecule has 0 saturated heterocycles. The van der Waals surface area contributed by atoms with E-state index in [2.05, 4.69) is 53.5 Å². The van der Waals surface area contributed by atoms with E-state index < -0.39 is 0 Å². The molecule has 0 fully saturated rings. The molecule has 0 atom stereocenters. The van der Waals surface area contributed by atoms with Crippen LogP contribution in [0.5, 0.6) is 0 Å². The fourth-order valence-electron chi connectivity index (χ4n) is 2.39. The third-order valence-electron chi connectivity index (χ3n) is 3.54. The van der Waals surface area contributed by atoms with Crippen LogP contribution < -0.4 is 5.32 Å². The third kappa shape index (κ3) is 2.94. The molecule has 0 aliphatic heterocycles. The van der Waals surface area contributed by atoms with Crippen molar-refractivity contribution in [1.29, 1.82) is 0 Å². The molecule has 4 heteroatoms. The molecular weight excluding hydrogens is 260 g/mol. The Morgan fingerprint density at radius 1 is 1.10 bits per heavy atom. The van der Waals surface area contributed by atoms with E-state index in [1.807, 2.05) is 18.2 Å². The van der Waals surface area contributed by atoms with Crippen molar-refractivity contribution in [3.05, 3.63) is 71.8 Å². The summed E-state index contributed by atoms with van der Waals surface area (Å²) in [5.41, 5.74) is 5.94. The summed E-state index contributed by atoms with van der Waals surface area (Å²) in [6.45, 7) is 5.05. The number of nitrogens with zero attached hydrogens (tertiary/aromatic N) is 3. The van der Waals surface area contributed by atoms with Gasteiger partial charge in [-0.25, -0.2) is 9.67 Å². The van der Waals surface area contributed by atoms with Gasteiger partial charge in [-0.3, -0.25) is 0 Å². The Morgan fingerprint density at radius 3 is 2.71 bits per heavy atom. The van der Waals surface area contributed by atoms with Crippen LogP contribution in [0.4, 0.5) is 5.69 Å². The van der Waals surface area contributed by atoms with Gasteiger partial charge in [0.2, 0.25) is 0 Å². The summed E-state index contributed by atoms with van der Waals surface area (Å²) in [7, 11) is 0. The normalized spacial score (nSPS) is 10.6. The fraction of sp³-hybridized carbons (Fsp3) is 0.176. The van der Waals surface area contributed by atoms with E-state index >= 15 is 0 Å². The summed E-state index contributed by atoms with van der Waals surface area (Å²) >= 11 is 0. The second kappa shape index (κ2) is 5.79. The second-order valence-corrected chi connectivity index (χ2v) is 5.14. The first-order valence-corrected chi connectivity index (χ1v) is 6.98. The monoisotopic (exact) mass is 278 g/mol. The van der Waals surface area contributed by atoms with Crippen LogP contribution in [0.2, 0.25) is 0 Å². The van der Waals surface area contributed by atoms with E-state index in [-0.39, 0.29) is 0 Å². The topological polar surface area (TPSA) is 42.7 Å². The molecular formula is C17H18N4. The summed E-state index contributed by atoms with van der Waals surface area (Å²) in [4.78, 5) is 4.01. The van der Waals surface area contributed by atoms with Crippen molar-refractivity contribution in [3.63, 3.8) is 0 Å². The lowest BCUT2D eigenvalue weighted by Gasteiger charge is -2.13. The number of nitrogens with one attached hydrogen (secondary N) is 1. The number of hydrogen-bond acceptors (Lipinski definition) is 3. The van der Waals surface area contributed by atoms with E-state index in [4.69, 9.17) is 0 Å². The lowest BCUT2D eigenvalue weighted by atomic mass is 10.1. The zero-order chi connectivity index (χ0) is 14.7. The van der Waals surface area contributed by atoms with Gasteiger partial charge in [0.25, 0.3) is 0 Å². The first-order valence-electron chi connectivity index (χ1n) is 6.98. The Kier molecular flexibility index (Phi) is 3.69. The summed E-state index contributed by atoms with van der Waals surface area (Å²) in [5.74, 6) is 0. The van der Waals surface area contributed by atoms with Crippen molar-refractivity contribution in [2.75, 3.05) is 5.32 Å². The average Bonchev–Trinajstić information content (AvgIpc) is 3.01. The highest BCUT2D eigenvalue weighted by molar-refractivity contribution is 5.60. The van der Waals surface area contributed by atoms with Crippen LogP contribution >= 0.6 is 0 Å². The molecule has 21 heavy (non-hydrogen) atoms. The van der Waals surface area contributed by atoms with Crippen LogP contribution in [0.25, 0.3) is 5.69 Å². The van der Waals surface area contributed by atoms with Gasteiger partial charge in [0, 0.05) is 6.54 Å². The van der Waals surface area contributed by atoms with Gasteiger partial charge < -0.3 is 5.32 Å². The zero-order valence-corrected chi connectivity index (χ0v) is 12.2. The largest absolute Gasteiger partial charge is 0.379 e. The van der Waals surface area contributed by atoms with E-state index in [1.54, 1.807) is 17.3 Å². The van der Waals surface area contributed by atoms with Gasteiger partial charge in [-0.1, -0.05) is 35.9 Å². The lowest BCUT2D eigenvalue weighted by Crippen LogP contribution is -2.05. The van der Waals surface area contributed by atoms with Crippen molar-refractivity contribution >= 4 is 5.69 Å². The van der Waals surface area contributed by atoms with Gasteiger partial charge in [0.1, 0.15) is 12.7 Å². The first-order chi connectivity index (χ1) is 10.2. The number of hydrogen-bond donors (Lipinski definition) is 1. The lowest BCUT2D eigenvalue weighted by molar-refractivity contribution is 0.877. The highest BCUT2D eigenvalue weighted by Gasteiger charge is 2.05. The molecule has 1 N–H and O–H groups in total. The molecule has 0 saturated carbocycles. The fourth-order valence-corrected chi connectivity index (χ4v) is 2.39. The molecule has 0 unspecified atom stereocenters. The Labute approximate surface area is 124 Å². The minimum Gasteiger partial charge on any atom is -0.379 e. The van der Waals surface area contributed by atoms with Crippen molar-refractivity contribution < 1.29 is 0 Å². The first kappa shape index (κ1) is 13.4. The molecule has 0 bridgehead atoms. The molecule has 0 radical (unpaired) electrons. The van der Waals surface area contributed by atoms with E-state index in [9.17, 15) is 0 Å². The highest BCUT2D eigenvalue weighted by Crippen LogP contribution is 2.20. The predicted molar refractivity (Wildman–Crippen MR) is 84.6 cm³/mol. The maximum Gasteiger partial charge on any atom is 0.138 e. The van der Waals surface area contributed by atoms with Crippen molar-refractivity contribution in [2.24, 2.45) is 0 Å². The number of anilines is 1. The molecule has 4 nitrogen and oxygen atoms in total. The maximum absolute atomic E-state index is 4.20. The van der Waals surface area contributed by atoms with Crippen molar-refractivity contribution in [3.8, 4) is 5.69 Å². The Balaban J connectivity index is 1.83. The number of aromatic nitrogens is 3. The van der Waals surface area contributed by atoms with Gasteiger partial charge in [-0.2, -0.15) is 5.10 Å². The minimum atomic E-state index is 0.790. The summed E-state index contributed by atoms with van der Waals surface area (Å²) < 4.78 is 1.77. The van der Waals surface area contributed by atoms with Crippen LogP contribution in [0.1, 0.15) is 16.7 Å². The van der Waals surface area contributed by atoms with Gasteiger partial charge in [-0.05, 0) is 37.1 Å². The third-order valence-corrected chi connectivity index (χ3v) is 3.54.